The second-order valence-corrected chi connectivity index (χ2v) is 6.63. The SMILES string of the molecule is CC(C)CNCc1cnn(CC2CCC(C)(C)O2)c1. The minimum Gasteiger partial charge on any atom is -0.370 e. The van der Waals surface area contributed by atoms with Crippen LogP contribution in [0.25, 0.3) is 0 Å². The summed E-state index contributed by atoms with van der Waals surface area (Å²) in [7, 11) is 0. The largest absolute Gasteiger partial charge is 0.370 e. The van der Waals surface area contributed by atoms with Crippen molar-refractivity contribution in [1.29, 1.82) is 0 Å². The molecule has 0 aliphatic carbocycles. The molecule has 1 fully saturated rings. The highest BCUT2D eigenvalue weighted by Gasteiger charge is 2.31. The third kappa shape index (κ3) is 4.62. The summed E-state index contributed by atoms with van der Waals surface area (Å²) < 4.78 is 8.01. The lowest BCUT2D eigenvalue weighted by Gasteiger charge is -2.19. The Balaban J connectivity index is 1.78. The van der Waals surface area contributed by atoms with Crippen molar-refractivity contribution in [3.8, 4) is 0 Å². The van der Waals surface area contributed by atoms with Gasteiger partial charge in [-0.05, 0) is 39.2 Å². The van der Waals surface area contributed by atoms with E-state index < -0.39 is 0 Å². The Kier molecular flexibility index (Phi) is 4.63. The van der Waals surface area contributed by atoms with Gasteiger partial charge in [-0.3, -0.25) is 4.68 Å². The van der Waals surface area contributed by atoms with E-state index in [0.29, 0.717) is 12.0 Å². The molecule has 1 atom stereocenters. The van der Waals surface area contributed by atoms with Crippen LogP contribution in [-0.2, 0) is 17.8 Å². The van der Waals surface area contributed by atoms with Crippen LogP contribution in [0, 0.1) is 5.92 Å². The van der Waals surface area contributed by atoms with Crippen LogP contribution in [0.1, 0.15) is 46.1 Å². The lowest BCUT2D eigenvalue weighted by Crippen LogP contribution is -2.23. The molecule has 0 spiro atoms. The predicted octanol–water partition coefficient (Wildman–Crippen LogP) is 2.59. The molecule has 1 aromatic rings. The summed E-state index contributed by atoms with van der Waals surface area (Å²) in [6.45, 7) is 11.6. The van der Waals surface area contributed by atoms with Crippen molar-refractivity contribution in [2.24, 2.45) is 5.92 Å². The fourth-order valence-electron chi connectivity index (χ4n) is 2.52. The van der Waals surface area contributed by atoms with Crippen LogP contribution in [0.5, 0.6) is 0 Å². The Labute approximate surface area is 116 Å². The van der Waals surface area contributed by atoms with Crippen LogP contribution >= 0.6 is 0 Å². The highest BCUT2D eigenvalue weighted by atomic mass is 16.5. The molecule has 4 nitrogen and oxygen atoms in total. The van der Waals surface area contributed by atoms with E-state index in [-0.39, 0.29) is 5.60 Å². The first-order valence-corrected chi connectivity index (χ1v) is 7.34. The molecule has 1 unspecified atom stereocenters. The van der Waals surface area contributed by atoms with Gasteiger partial charge >= 0.3 is 0 Å². The summed E-state index contributed by atoms with van der Waals surface area (Å²) in [4.78, 5) is 0. The second-order valence-electron chi connectivity index (χ2n) is 6.63. The van der Waals surface area contributed by atoms with Crippen LogP contribution < -0.4 is 5.32 Å². The van der Waals surface area contributed by atoms with E-state index in [1.807, 2.05) is 10.9 Å². The molecule has 1 N–H and O–H groups in total. The van der Waals surface area contributed by atoms with Crippen molar-refractivity contribution in [3.05, 3.63) is 18.0 Å². The first kappa shape index (κ1) is 14.5. The molecule has 1 saturated heterocycles. The number of rotatable bonds is 6. The summed E-state index contributed by atoms with van der Waals surface area (Å²) in [5.41, 5.74) is 1.29. The first-order chi connectivity index (χ1) is 8.94. The van der Waals surface area contributed by atoms with Crippen molar-refractivity contribution in [1.82, 2.24) is 15.1 Å². The summed E-state index contributed by atoms with van der Waals surface area (Å²) in [5, 5.41) is 7.86. The van der Waals surface area contributed by atoms with E-state index in [1.165, 1.54) is 5.56 Å². The molecular weight excluding hydrogens is 238 g/mol. The molecule has 4 heteroatoms. The van der Waals surface area contributed by atoms with Gasteiger partial charge in [-0.1, -0.05) is 13.8 Å². The van der Waals surface area contributed by atoms with Gasteiger partial charge in [-0.15, -0.1) is 0 Å². The zero-order valence-electron chi connectivity index (χ0n) is 12.6. The number of nitrogens with one attached hydrogen (secondary N) is 1. The van der Waals surface area contributed by atoms with E-state index in [0.717, 1.165) is 32.5 Å². The molecule has 0 radical (unpaired) electrons. The van der Waals surface area contributed by atoms with Crippen LogP contribution in [0.2, 0.25) is 0 Å². The quantitative estimate of drug-likeness (QED) is 0.859. The maximum Gasteiger partial charge on any atom is 0.0779 e. The fraction of sp³-hybridized carbons (Fsp3) is 0.800. The molecule has 0 amide bonds. The van der Waals surface area contributed by atoms with Crippen molar-refractivity contribution in [3.63, 3.8) is 0 Å². The van der Waals surface area contributed by atoms with Gasteiger partial charge in [-0.25, -0.2) is 0 Å². The lowest BCUT2D eigenvalue weighted by molar-refractivity contribution is -0.0229. The summed E-state index contributed by atoms with van der Waals surface area (Å²) in [5.74, 6) is 0.684. The average Bonchev–Trinajstić information content (AvgIpc) is 2.86. The Morgan fingerprint density at radius 1 is 1.53 bits per heavy atom. The molecule has 0 aromatic carbocycles. The van der Waals surface area contributed by atoms with Gasteiger partial charge in [-0.2, -0.15) is 5.10 Å². The van der Waals surface area contributed by atoms with E-state index in [9.17, 15) is 0 Å². The van der Waals surface area contributed by atoms with Gasteiger partial charge in [0.15, 0.2) is 0 Å². The Morgan fingerprint density at radius 2 is 2.32 bits per heavy atom. The van der Waals surface area contributed by atoms with Crippen molar-refractivity contribution < 1.29 is 4.74 Å². The van der Waals surface area contributed by atoms with Gasteiger partial charge in [0, 0.05) is 18.3 Å². The van der Waals surface area contributed by atoms with Crippen LogP contribution in [0.3, 0.4) is 0 Å². The zero-order chi connectivity index (χ0) is 13.9. The number of aromatic nitrogens is 2. The number of nitrogens with zero attached hydrogens (tertiary/aromatic N) is 2. The molecule has 19 heavy (non-hydrogen) atoms. The highest BCUT2D eigenvalue weighted by molar-refractivity contribution is 5.03. The average molecular weight is 265 g/mol. The number of ether oxygens (including phenoxy) is 1. The predicted molar refractivity (Wildman–Crippen MR) is 77.0 cm³/mol. The Morgan fingerprint density at radius 3 is 2.95 bits per heavy atom. The minimum atomic E-state index is 0.0411. The van der Waals surface area contributed by atoms with Crippen molar-refractivity contribution in [2.75, 3.05) is 6.54 Å². The number of hydrogen-bond donors (Lipinski definition) is 1. The summed E-state index contributed by atoms with van der Waals surface area (Å²) in [6, 6.07) is 0. The van der Waals surface area contributed by atoms with Crippen molar-refractivity contribution >= 4 is 0 Å². The molecule has 108 valence electrons. The first-order valence-electron chi connectivity index (χ1n) is 7.34. The van der Waals surface area contributed by atoms with Crippen LogP contribution in [0.4, 0.5) is 0 Å². The topological polar surface area (TPSA) is 39.1 Å². The number of hydrogen-bond acceptors (Lipinski definition) is 3. The van der Waals surface area contributed by atoms with E-state index in [4.69, 9.17) is 4.74 Å². The van der Waals surface area contributed by atoms with Crippen LogP contribution in [0.15, 0.2) is 12.4 Å². The maximum absolute atomic E-state index is 6.00. The Bertz CT molecular complexity index is 398. The molecule has 0 bridgehead atoms. The standard InChI is InChI=1S/C15H27N3O/c1-12(2)7-16-8-13-9-17-18(10-13)11-14-5-6-15(3,4)19-14/h9-10,12,14,16H,5-8,11H2,1-4H3. The smallest absolute Gasteiger partial charge is 0.0779 e. The van der Waals surface area contributed by atoms with E-state index >= 15 is 0 Å². The Hall–Kier alpha value is -0.870. The normalized spacial score (nSPS) is 22.3. The van der Waals surface area contributed by atoms with Crippen molar-refractivity contribution in [2.45, 2.75) is 65.3 Å². The fourth-order valence-corrected chi connectivity index (χ4v) is 2.52. The molecule has 1 aromatic heterocycles. The summed E-state index contributed by atoms with van der Waals surface area (Å²) >= 11 is 0. The monoisotopic (exact) mass is 265 g/mol. The molecular formula is C15H27N3O. The van der Waals surface area contributed by atoms with Gasteiger partial charge in [0.05, 0.1) is 24.4 Å². The third-order valence-corrected chi connectivity index (χ3v) is 3.51. The molecule has 1 aliphatic heterocycles. The maximum atomic E-state index is 6.00. The molecule has 1 aliphatic rings. The highest BCUT2D eigenvalue weighted by Crippen LogP contribution is 2.29. The van der Waals surface area contributed by atoms with Gasteiger partial charge in [0.25, 0.3) is 0 Å². The minimum absolute atomic E-state index is 0.0411. The second kappa shape index (κ2) is 6.06. The lowest BCUT2D eigenvalue weighted by atomic mass is 10.1. The van der Waals surface area contributed by atoms with Gasteiger partial charge in [0.1, 0.15) is 0 Å². The molecule has 2 heterocycles. The van der Waals surface area contributed by atoms with Gasteiger partial charge < -0.3 is 10.1 Å². The third-order valence-electron chi connectivity index (χ3n) is 3.51. The summed E-state index contributed by atoms with van der Waals surface area (Å²) in [6.07, 6.45) is 6.66. The van der Waals surface area contributed by atoms with Gasteiger partial charge in [0.2, 0.25) is 0 Å². The van der Waals surface area contributed by atoms with E-state index in [1.54, 1.807) is 0 Å². The molecule has 2 rings (SSSR count). The zero-order valence-corrected chi connectivity index (χ0v) is 12.6. The van der Waals surface area contributed by atoms with Crippen LogP contribution in [-0.4, -0.2) is 28.0 Å². The van der Waals surface area contributed by atoms with E-state index in [2.05, 4.69) is 44.3 Å². The molecule has 0 saturated carbocycles.